The maximum absolute atomic E-state index is 12.5. The number of anilines is 1. The molecule has 2 unspecified atom stereocenters. The van der Waals surface area contributed by atoms with Crippen molar-refractivity contribution in [1.82, 2.24) is 9.80 Å². The van der Waals surface area contributed by atoms with E-state index in [-0.39, 0.29) is 0 Å². The monoisotopic (exact) mass is 273 g/mol. The van der Waals surface area contributed by atoms with E-state index >= 15 is 0 Å². The molecule has 1 aromatic rings. The van der Waals surface area contributed by atoms with Gasteiger partial charge in [0.25, 0.3) is 0 Å². The topological polar surface area (TPSA) is 35.6 Å². The third kappa shape index (κ3) is 2.52. The first-order valence-corrected chi connectivity index (χ1v) is 7.46. The lowest BCUT2D eigenvalue weighted by Gasteiger charge is -2.38. The van der Waals surface area contributed by atoms with Crippen molar-refractivity contribution in [2.24, 2.45) is 0 Å². The van der Waals surface area contributed by atoms with Gasteiger partial charge in [-0.2, -0.15) is 0 Å². The van der Waals surface area contributed by atoms with Gasteiger partial charge in [0.1, 0.15) is 0 Å². The van der Waals surface area contributed by atoms with Crippen LogP contribution in [0.15, 0.2) is 24.3 Å². The van der Waals surface area contributed by atoms with Crippen molar-refractivity contribution in [2.75, 3.05) is 38.5 Å². The lowest BCUT2D eigenvalue weighted by Crippen LogP contribution is -2.52. The summed E-state index contributed by atoms with van der Waals surface area (Å²) in [5.74, 6) is 0.627. The van der Waals surface area contributed by atoms with Gasteiger partial charge >= 0.3 is 0 Å². The Labute approximate surface area is 120 Å². The Morgan fingerprint density at radius 2 is 2.15 bits per heavy atom. The van der Waals surface area contributed by atoms with Crippen molar-refractivity contribution in [3.63, 3.8) is 0 Å². The number of piperazine rings is 1. The molecule has 1 fully saturated rings. The minimum atomic E-state index is 0.299. The molecule has 1 saturated heterocycles. The Balaban J connectivity index is 1.63. The van der Waals surface area contributed by atoms with Gasteiger partial charge in [0, 0.05) is 50.2 Å². The number of hydrogen-bond acceptors (Lipinski definition) is 3. The van der Waals surface area contributed by atoms with Crippen LogP contribution in [-0.2, 0) is 4.79 Å². The smallest absolute Gasteiger partial charge is 0.223 e. The molecule has 2 atom stereocenters. The van der Waals surface area contributed by atoms with Gasteiger partial charge in [-0.15, -0.1) is 0 Å². The van der Waals surface area contributed by atoms with Crippen LogP contribution in [0.5, 0.6) is 0 Å². The van der Waals surface area contributed by atoms with Gasteiger partial charge in [-0.25, -0.2) is 0 Å². The number of carbonyl (C=O) groups excluding carboxylic acids is 1. The van der Waals surface area contributed by atoms with Gasteiger partial charge in [0.15, 0.2) is 0 Å². The number of nitrogens with one attached hydrogen (secondary N) is 1. The number of carbonyl (C=O) groups is 1. The third-order valence-electron chi connectivity index (χ3n) is 4.67. The molecule has 108 valence electrons. The molecule has 1 amide bonds. The number of rotatable bonds is 2. The van der Waals surface area contributed by atoms with Crippen LogP contribution in [0.25, 0.3) is 0 Å². The highest BCUT2D eigenvalue weighted by Crippen LogP contribution is 2.33. The fraction of sp³-hybridized carbons (Fsp3) is 0.562. The maximum Gasteiger partial charge on any atom is 0.223 e. The molecule has 1 aromatic carbocycles. The van der Waals surface area contributed by atoms with E-state index in [0.29, 0.717) is 24.3 Å². The van der Waals surface area contributed by atoms with Crippen LogP contribution in [0.3, 0.4) is 0 Å². The minimum absolute atomic E-state index is 0.299. The number of fused-ring (bicyclic) bond motifs is 1. The second-order valence-electron chi connectivity index (χ2n) is 6.04. The summed E-state index contributed by atoms with van der Waals surface area (Å²) in [7, 11) is 2.13. The summed E-state index contributed by atoms with van der Waals surface area (Å²) in [5, 5.41) is 3.40. The molecule has 20 heavy (non-hydrogen) atoms. The Bertz CT molecular complexity index is 502. The van der Waals surface area contributed by atoms with E-state index < -0.39 is 0 Å². The van der Waals surface area contributed by atoms with E-state index in [1.54, 1.807) is 0 Å². The molecule has 0 aliphatic carbocycles. The second-order valence-corrected chi connectivity index (χ2v) is 6.04. The number of nitrogens with zero attached hydrogens (tertiary/aromatic N) is 2. The third-order valence-corrected chi connectivity index (χ3v) is 4.67. The van der Waals surface area contributed by atoms with E-state index in [1.165, 1.54) is 11.3 Å². The minimum Gasteiger partial charge on any atom is -0.384 e. The lowest BCUT2D eigenvalue weighted by atomic mass is 9.97. The summed E-state index contributed by atoms with van der Waals surface area (Å²) in [6.07, 6.45) is 0.625. The number of benzene rings is 1. The summed E-state index contributed by atoms with van der Waals surface area (Å²) in [6, 6.07) is 8.79. The fourth-order valence-corrected chi connectivity index (χ4v) is 3.15. The van der Waals surface area contributed by atoms with Crippen LogP contribution in [0, 0.1) is 0 Å². The number of likely N-dealkylation sites (N-methyl/N-ethyl adjacent to an activating group) is 1. The van der Waals surface area contributed by atoms with Crippen molar-refractivity contribution >= 4 is 11.6 Å². The van der Waals surface area contributed by atoms with Crippen LogP contribution >= 0.6 is 0 Å². The molecule has 0 bridgehead atoms. The molecule has 0 radical (unpaired) electrons. The normalized spacial score (nSPS) is 26.2. The summed E-state index contributed by atoms with van der Waals surface area (Å²) in [4.78, 5) is 16.8. The molecule has 2 aliphatic heterocycles. The zero-order chi connectivity index (χ0) is 14.1. The van der Waals surface area contributed by atoms with Gasteiger partial charge < -0.3 is 15.1 Å². The number of hydrogen-bond donors (Lipinski definition) is 1. The van der Waals surface area contributed by atoms with E-state index in [2.05, 4.69) is 42.4 Å². The average molecular weight is 273 g/mol. The SMILES string of the molecule is CC1CN(C(=O)CC2CNc3ccccc32)CCN1C. The van der Waals surface area contributed by atoms with E-state index in [1.807, 2.05) is 11.0 Å². The highest BCUT2D eigenvalue weighted by Gasteiger charge is 2.29. The lowest BCUT2D eigenvalue weighted by molar-refractivity contribution is -0.134. The van der Waals surface area contributed by atoms with Gasteiger partial charge in [-0.3, -0.25) is 4.79 Å². The van der Waals surface area contributed by atoms with Crippen molar-refractivity contribution in [3.05, 3.63) is 29.8 Å². The van der Waals surface area contributed by atoms with Gasteiger partial charge in [-0.1, -0.05) is 18.2 Å². The first-order valence-electron chi connectivity index (χ1n) is 7.46. The predicted octanol–water partition coefficient (Wildman–Crippen LogP) is 1.75. The maximum atomic E-state index is 12.5. The summed E-state index contributed by atoms with van der Waals surface area (Å²) >= 11 is 0. The van der Waals surface area contributed by atoms with Crippen molar-refractivity contribution in [3.8, 4) is 0 Å². The standard InChI is InChI=1S/C16H23N3O/c1-12-11-19(8-7-18(12)2)16(20)9-13-10-17-15-6-4-3-5-14(13)15/h3-6,12-13,17H,7-11H2,1-2H3. The summed E-state index contributed by atoms with van der Waals surface area (Å²) < 4.78 is 0. The predicted molar refractivity (Wildman–Crippen MR) is 81.0 cm³/mol. The molecule has 0 saturated carbocycles. The molecule has 2 aliphatic rings. The van der Waals surface area contributed by atoms with Gasteiger partial charge in [0.2, 0.25) is 5.91 Å². The quantitative estimate of drug-likeness (QED) is 0.891. The Hall–Kier alpha value is -1.55. The molecule has 1 N–H and O–H groups in total. The molecule has 4 heteroatoms. The molecular weight excluding hydrogens is 250 g/mol. The van der Waals surface area contributed by atoms with Crippen LogP contribution < -0.4 is 5.32 Å². The van der Waals surface area contributed by atoms with Crippen LogP contribution in [0.2, 0.25) is 0 Å². The Morgan fingerprint density at radius 3 is 2.95 bits per heavy atom. The van der Waals surface area contributed by atoms with Crippen molar-refractivity contribution < 1.29 is 4.79 Å². The molecule has 0 spiro atoms. The van der Waals surface area contributed by atoms with Crippen molar-refractivity contribution in [1.29, 1.82) is 0 Å². The Morgan fingerprint density at radius 1 is 1.35 bits per heavy atom. The molecular formula is C16H23N3O. The highest BCUT2D eigenvalue weighted by atomic mass is 16.2. The van der Waals surface area contributed by atoms with Gasteiger partial charge in [0.05, 0.1) is 0 Å². The summed E-state index contributed by atoms with van der Waals surface area (Å²) in [6.45, 7) is 5.77. The Kier molecular flexibility index (Phi) is 3.66. The highest BCUT2D eigenvalue weighted by molar-refractivity contribution is 5.78. The largest absolute Gasteiger partial charge is 0.384 e. The van der Waals surface area contributed by atoms with E-state index in [9.17, 15) is 4.79 Å². The van der Waals surface area contributed by atoms with Gasteiger partial charge in [-0.05, 0) is 25.6 Å². The molecule has 0 aromatic heterocycles. The number of amides is 1. The summed E-state index contributed by atoms with van der Waals surface area (Å²) in [5.41, 5.74) is 2.49. The average Bonchev–Trinajstić information content (AvgIpc) is 2.85. The van der Waals surface area contributed by atoms with E-state index in [4.69, 9.17) is 0 Å². The van der Waals surface area contributed by atoms with Crippen LogP contribution in [-0.4, -0.2) is 55.0 Å². The molecule has 2 heterocycles. The second kappa shape index (κ2) is 5.44. The zero-order valence-corrected chi connectivity index (χ0v) is 12.3. The fourth-order valence-electron chi connectivity index (χ4n) is 3.15. The molecule has 4 nitrogen and oxygen atoms in total. The van der Waals surface area contributed by atoms with Crippen LogP contribution in [0.1, 0.15) is 24.8 Å². The zero-order valence-electron chi connectivity index (χ0n) is 12.3. The van der Waals surface area contributed by atoms with Crippen molar-refractivity contribution in [2.45, 2.75) is 25.3 Å². The molecule has 3 rings (SSSR count). The first kappa shape index (κ1) is 13.4. The number of para-hydroxylation sites is 1. The van der Waals surface area contributed by atoms with E-state index in [0.717, 1.165) is 26.2 Å². The first-order chi connectivity index (χ1) is 9.65. The van der Waals surface area contributed by atoms with Crippen LogP contribution in [0.4, 0.5) is 5.69 Å².